The standard InChI is InChI=1S/C17H12N2O4S/c20-13-9-11(6-7-12(13)16(22)23)18-17-19-15(21)14(24-17)8-10-4-2-1-3-5-10/h1-9,20H,(H,22,23)(H,18,19,21)/b14-8-. The summed E-state index contributed by atoms with van der Waals surface area (Å²) in [5.41, 5.74) is 1.05. The van der Waals surface area contributed by atoms with Crippen molar-refractivity contribution in [2.45, 2.75) is 0 Å². The third kappa shape index (κ3) is 3.47. The molecular weight excluding hydrogens is 328 g/mol. The van der Waals surface area contributed by atoms with Gasteiger partial charge in [0.2, 0.25) is 0 Å². The average molecular weight is 340 g/mol. The van der Waals surface area contributed by atoms with Crippen LogP contribution in [-0.2, 0) is 4.79 Å². The largest absolute Gasteiger partial charge is 0.507 e. The SMILES string of the molecule is O=C1NC(=Nc2ccc(C(=O)O)c(O)c2)S/C1=C\c1ccccc1. The van der Waals surface area contributed by atoms with Crippen molar-refractivity contribution in [2.24, 2.45) is 4.99 Å². The third-order valence-corrected chi connectivity index (χ3v) is 4.10. The minimum absolute atomic E-state index is 0.202. The molecule has 0 aliphatic carbocycles. The number of carboxylic acid groups (broad SMARTS) is 1. The van der Waals surface area contributed by atoms with E-state index in [1.807, 2.05) is 30.3 Å². The Bertz CT molecular complexity index is 875. The van der Waals surface area contributed by atoms with Gasteiger partial charge in [-0.3, -0.25) is 4.79 Å². The molecule has 0 atom stereocenters. The second kappa shape index (κ2) is 6.59. The van der Waals surface area contributed by atoms with Gasteiger partial charge in [0.15, 0.2) is 5.17 Å². The molecule has 24 heavy (non-hydrogen) atoms. The van der Waals surface area contributed by atoms with E-state index < -0.39 is 5.97 Å². The Morgan fingerprint density at radius 3 is 2.58 bits per heavy atom. The summed E-state index contributed by atoms with van der Waals surface area (Å²) in [6.45, 7) is 0. The Labute approximate surface area is 141 Å². The summed E-state index contributed by atoms with van der Waals surface area (Å²) < 4.78 is 0. The van der Waals surface area contributed by atoms with E-state index in [9.17, 15) is 14.7 Å². The highest BCUT2D eigenvalue weighted by Gasteiger charge is 2.23. The molecule has 1 aliphatic rings. The quantitative estimate of drug-likeness (QED) is 0.746. The van der Waals surface area contributed by atoms with Gasteiger partial charge in [0.1, 0.15) is 11.3 Å². The highest BCUT2D eigenvalue weighted by atomic mass is 32.2. The minimum atomic E-state index is -1.22. The van der Waals surface area contributed by atoms with Crippen LogP contribution in [0, 0.1) is 0 Å². The first-order valence-corrected chi connectivity index (χ1v) is 7.75. The van der Waals surface area contributed by atoms with Crippen LogP contribution in [0.4, 0.5) is 5.69 Å². The number of benzene rings is 2. The van der Waals surface area contributed by atoms with E-state index in [-0.39, 0.29) is 17.2 Å². The zero-order valence-corrected chi connectivity index (χ0v) is 13.1. The van der Waals surface area contributed by atoms with E-state index in [1.54, 1.807) is 6.08 Å². The molecule has 1 fully saturated rings. The summed E-state index contributed by atoms with van der Waals surface area (Å²) in [7, 11) is 0. The maximum Gasteiger partial charge on any atom is 0.339 e. The van der Waals surface area contributed by atoms with E-state index in [4.69, 9.17) is 5.11 Å². The van der Waals surface area contributed by atoms with Gasteiger partial charge >= 0.3 is 5.97 Å². The summed E-state index contributed by atoms with van der Waals surface area (Å²) >= 11 is 1.18. The van der Waals surface area contributed by atoms with Crippen LogP contribution in [0.2, 0.25) is 0 Å². The number of phenols is 1. The van der Waals surface area contributed by atoms with Gasteiger partial charge in [0, 0.05) is 6.07 Å². The lowest BCUT2D eigenvalue weighted by molar-refractivity contribution is -0.115. The minimum Gasteiger partial charge on any atom is -0.507 e. The van der Waals surface area contributed by atoms with Crippen molar-refractivity contribution in [3.05, 3.63) is 64.6 Å². The Kier molecular flexibility index (Phi) is 4.35. The van der Waals surface area contributed by atoms with Crippen LogP contribution in [0.3, 0.4) is 0 Å². The van der Waals surface area contributed by atoms with Gasteiger partial charge in [-0.1, -0.05) is 30.3 Å². The molecule has 0 bridgehead atoms. The van der Waals surface area contributed by atoms with E-state index >= 15 is 0 Å². The number of rotatable bonds is 3. The van der Waals surface area contributed by atoms with Crippen LogP contribution in [0.5, 0.6) is 5.75 Å². The Morgan fingerprint density at radius 1 is 1.17 bits per heavy atom. The fourth-order valence-electron chi connectivity index (χ4n) is 2.07. The Morgan fingerprint density at radius 2 is 1.92 bits per heavy atom. The summed E-state index contributed by atoms with van der Waals surface area (Å²) in [5.74, 6) is -1.85. The number of thioether (sulfide) groups is 1. The average Bonchev–Trinajstić information content (AvgIpc) is 2.87. The molecule has 120 valence electrons. The van der Waals surface area contributed by atoms with Gasteiger partial charge in [0.05, 0.1) is 10.6 Å². The number of aromatic carboxylic acids is 1. The highest BCUT2D eigenvalue weighted by molar-refractivity contribution is 8.18. The number of aliphatic imine (C=N–C) groups is 1. The summed E-state index contributed by atoms with van der Waals surface area (Å²) in [4.78, 5) is 27.6. The van der Waals surface area contributed by atoms with Crippen molar-refractivity contribution in [3.63, 3.8) is 0 Å². The lowest BCUT2D eigenvalue weighted by Gasteiger charge is -2.01. The van der Waals surface area contributed by atoms with Crippen LogP contribution in [0.1, 0.15) is 15.9 Å². The number of hydrogen-bond donors (Lipinski definition) is 3. The summed E-state index contributed by atoms with van der Waals surface area (Å²) in [6.07, 6.45) is 1.76. The van der Waals surface area contributed by atoms with E-state index in [0.717, 1.165) is 5.56 Å². The molecule has 0 saturated carbocycles. The highest BCUT2D eigenvalue weighted by Crippen LogP contribution is 2.30. The van der Waals surface area contributed by atoms with Crippen molar-refractivity contribution in [2.75, 3.05) is 0 Å². The molecule has 1 aliphatic heterocycles. The molecule has 0 unspecified atom stereocenters. The lowest BCUT2D eigenvalue weighted by Crippen LogP contribution is -2.19. The van der Waals surface area contributed by atoms with E-state index in [0.29, 0.717) is 15.8 Å². The number of carbonyl (C=O) groups excluding carboxylic acids is 1. The van der Waals surface area contributed by atoms with Crippen LogP contribution >= 0.6 is 11.8 Å². The Hall–Kier alpha value is -3.06. The van der Waals surface area contributed by atoms with Crippen molar-refractivity contribution in [3.8, 4) is 5.75 Å². The topological polar surface area (TPSA) is 99.0 Å². The first kappa shape index (κ1) is 15.8. The molecule has 1 saturated heterocycles. The molecule has 2 aromatic rings. The second-order valence-corrected chi connectivity index (χ2v) is 5.93. The molecule has 1 heterocycles. The molecule has 1 amide bonds. The summed E-state index contributed by atoms with van der Waals surface area (Å²) in [5, 5.41) is 21.6. The predicted molar refractivity (Wildman–Crippen MR) is 92.3 cm³/mol. The van der Waals surface area contributed by atoms with Gasteiger partial charge in [-0.05, 0) is 35.5 Å². The molecule has 7 heteroatoms. The number of carbonyl (C=O) groups is 2. The zero-order valence-electron chi connectivity index (χ0n) is 12.3. The predicted octanol–water partition coefficient (Wildman–Crippen LogP) is 2.98. The lowest BCUT2D eigenvalue weighted by atomic mass is 10.2. The molecular formula is C17H12N2O4S. The number of carboxylic acids is 1. The number of nitrogens with one attached hydrogen (secondary N) is 1. The zero-order chi connectivity index (χ0) is 17.1. The summed E-state index contributed by atoms with van der Waals surface area (Å²) in [6, 6.07) is 13.4. The van der Waals surface area contributed by atoms with Gasteiger partial charge in [-0.2, -0.15) is 0 Å². The number of nitrogens with zero attached hydrogens (tertiary/aromatic N) is 1. The van der Waals surface area contributed by atoms with Crippen molar-refractivity contribution >= 4 is 40.6 Å². The fraction of sp³-hybridized carbons (Fsp3) is 0. The van der Waals surface area contributed by atoms with Crippen LogP contribution in [0.25, 0.3) is 6.08 Å². The van der Waals surface area contributed by atoms with Crippen LogP contribution in [0.15, 0.2) is 58.4 Å². The van der Waals surface area contributed by atoms with Gasteiger partial charge in [-0.15, -0.1) is 0 Å². The number of amides is 1. The smallest absolute Gasteiger partial charge is 0.339 e. The van der Waals surface area contributed by atoms with Gasteiger partial charge in [0.25, 0.3) is 5.91 Å². The van der Waals surface area contributed by atoms with E-state index in [1.165, 1.54) is 30.0 Å². The first-order valence-electron chi connectivity index (χ1n) is 6.94. The third-order valence-electron chi connectivity index (χ3n) is 3.19. The van der Waals surface area contributed by atoms with Gasteiger partial charge in [-0.25, -0.2) is 9.79 Å². The van der Waals surface area contributed by atoms with Crippen LogP contribution in [-0.4, -0.2) is 27.3 Å². The van der Waals surface area contributed by atoms with Crippen LogP contribution < -0.4 is 5.32 Å². The maximum absolute atomic E-state index is 12.0. The van der Waals surface area contributed by atoms with Crippen molar-refractivity contribution in [1.29, 1.82) is 0 Å². The van der Waals surface area contributed by atoms with Gasteiger partial charge < -0.3 is 15.5 Å². The molecule has 6 nitrogen and oxygen atoms in total. The van der Waals surface area contributed by atoms with Crippen molar-refractivity contribution in [1.82, 2.24) is 5.32 Å². The van der Waals surface area contributed by atoms with E-state index in [2.05, 4.69) is 10.3 Å². The number of amidine groups is 1. The monoisotopic (exact) mass is 340 g/mol. The molecule has 3 N–H and O–H groups in total. The molecule has 0 spiro atoms. The second-order valence-electron chi connectivity index (χ2n) is 4.90. The molecule has 0 radical (unpaired) electrons. The Balaban J connectivity index is 1.83. The molecule has 3 rings (SSSR count). The first-order chi connectivity index (χ1) is 11.5. The normalized spacial score (nSPS) is 17.2. The molecule has 2 aromatic carbocycles. The number of aromatic hydroxyl groups is 1. The molecule has 0 aromatic heterocycles. The van der Waals surface area contributed by atoms with Crippen molar-refractivity contribution < 1.29 is 19.8 Å². The maximum atomic E-state index is 12.0. The fourth-order valence-corrected chi connectivity index (χ4v) is 2.91. The number of hydrogen-bond acceptors (Lipinski definition) is 5.